The van der Waals surface area contributed by atoms with Crippen molar-refractivity contribution in [2.24, 2.45) is 0 Å². The highest BCUT2D eigenvalue weighted by Gasteiger charge is 2.24. The zero-order chi connectivity index (χ0) is 16.2. The molecule has 7 heteroatoms. The number of aliphatic hydroxyl groups excluding tert-OH is 2. The number of nitro groups is 1. The second-order valence-corrected chi connectivity index (χ2v) is 5.72. The smallest absolute Gasteiger partial charge is 0.277 e. The third-order valence-corrected chi connectivity index (χ3v) is 4.00. The fourth-order valence-corrected chi connectivity index (χ4v) is 2.85. The van der Waals surface area contributed by atoms with Gasteiger partial charge in [0.1, 0.15) is 19.6 Å². The molecule has 126 valence electrons. The molecule has 0 radical (unpaired) electrons. The minimum atomic E-state index is -0.367. The highest BCUT2D eigenvalue weighted by molar-refractivity contribution is 5.93. The Morgan fingerprint density at radius 3 is 2.17 bits per heavy atom. The summed E-state index contributed by atoms with van der Waals surface area (Å²) in [5.41, 5.74) is 0.946. The van der Waals surface area contributed by atoms with E-state index in [1.165, 1.54) is 6.07 Å². The van der Waals surface area contributed by atoms with Crippen LogP contribution in [0.2, 0.25) is 0 Å². The zero-order valence-corrected chi connectivity index (χ0v) is 13.7. The summed E-state index contributed by atoms with van der Waals surface area (Å²) in [6, 6.07) is 10.7. The minimum absolute atomic E-state index is 0. The molecule has 0 aliphatic carbocycles. The van der Waals surface area contributed by atoms with Crippen molar-refractivity contribution in [2.45, 2.75) is 6.54 Å². The van der Waals surface area contributed by atoms with E-state index in [9.17, 15) is 20.3 Å². The van der Waals surface area contributed by atoms with Gasteiger partial charge >= 0.3 is 0 Å². The lowest BCUT2D eigenvalue weighted by atomic mass is 10.0. The first-order valence-electron chi connectivity index (χ1n) is 7.21. The topological polar surface area (TPSA) is 83.6 Å². The summed E-state index contributed by atoms with van der Waals surface area (Å²) < 4.78 is 0.429. The van der Waals surface area contributed by atoms with Crippen LogP contribution in [0.1, 0.15) is 5.56 Å². The standard InChI is InChI=1S/C16H21N2O4.ClH/c1-18(8-10-19,9-11-20)12-14-6-2-4-13-5-3-7-15(16(13)14)17(21)22;/h2-7,19-20H,8-12H2,1H3;1H/q+1;/p-1. The molecule has 0 saturated heterocycles. The van der Waals surface area contributed by atoms with Crippen LogP contribution < -0.4 is 12.4 Å². The normalized spacial score (nSPS) is 11.3. The first kappa shape index (κ1) is 19.3. The van der Waals surface area contributed by atoms with Gasteiger partial charge in [0.25, 0.3) is 5.69 Å². The molecule has 0 heterocycles. The molecule has 2 N–H and O–H groups in total. The van der Waals surface area contributed by atoms with Gasteiger partial charge in [0.2, 0.25) is 0 Å². The summed E-state index contributed by atoms with van der Waals surface area (Å²) >= 11 is 0. The second kappa shape index (κ2) is 8.21. The Hall–Kier alpha value is -1.73. The van der Waals surface area contributed by atoms with Gasteiger partial charge in [-0.25, -0.2) is 0 Å². The van der Waals surface area contributed by atoms with E-state index in [1.54, 1.807) is 6.07 Å². The van der Waals surface area contributed by atoms with Crippen molar-refractivity contribution in [1.82, 2.24) is 0 Å². The van der Waals surface area contributed by atoms with Crippen LogP contribution in [0, 0.1) is 10.1 Å². The quantitative estimate of drug-likeness (QED) is 0.372. The van der Waals surface area contributed by atoms with Crippen LogP contribution in [0.5, 0.6) is 0 Å². The van der Waals surface area contributed by atoms with Crippen molar-refractivity contribution < 1.29 is 32.0 Å². The van der Waals surface area contributed by atoms with E-state index < -0.39 is 0 Å². The van der Waals surface area contributed by atoms with Crippen molar-refractivity contribution in [3.05, 3.63) is 52.1 Å². The lowest BCUT2D eigenvalue weighted by Gasteiger charge is -2.33. The molecule has 0 saturated carbocycles. The second-order valence-electron chi connectivity index (χ2n) is 5.72. The maximum absolute atomic E-state index is 11.3. The molecule has 0 aliphatic rings. The number of aliphatic hydroxyl groups is 2. The number of benzene rings is 2. The molecule has 2 rings (SSSR count). The summed E-state index contributed by atoms with van der Waals surface area (Å²) in [6.07, 6.45) is 0. The molecular weight excluding hydrogens is 320 g/mol. The van der Waals surface area contributed by atoms with E-state index in [2.05, 4.69) is 0 Å². The van der Waals surface area contributed by atoms with E-state index in [0.717, 1.165) is 10.9 Å². The number of rotatable bonds is 7. The number of hydrogen-bond donors (Lipinski definition) is 2. The Morgan fingerprint density at radius 2 is 1.65 bits per heavy atom. The highest BCUT2D eigenvalue weighted by atomic mass is 35.5. The molecule has 2 aromatic rings. The van der Waals surface area contributed by atoms with Gasteiger partial charge in [-0.3, -0.25) is 10.1 Å². The summed E-state index contributed by atoms with van der Waals surface area (Å²) in [5.74, 6) is 0. The lowest BCUT2D eigenvalue weighted by Crippen LogP contribution is -3.00. The molecule has 0 unspecified atom stereocenters. The molecule has 2 aromatic carbocycles. The molecule has 0 fully saturated rings. The van der Waals surface area contributed by atoms with Crippen LogP contribution in [0.25, 0.3) is 10.8 Å². The predicted octanol–water partition coefficient (Wildman–Crippen LogP) is -1.32. The lowest BCUT2D eigenvalue weighted by molar-refractivity contribution is -0.923. The summed E-state index contributed by atoms with van der Waals surface area (Å²) in [7, 11) is 1.93. The average molecular weight is 341 g/mol. The molecular formula is C16H21ClN2O4. The number of non-ortho nitro benzene ring substituents is 1. The third-order valence-electron chi connectivity index (χ3n) is 4.00. The van der Waals surface area contributed by atoms with Gasteiger partial charge in [0.05, 0.1) is 30.6 Å². The van der Waals surface area contributed by atoms with E-state index in [-0.39, 0.29) is 36.2 Å². The summed E-state index contributed by atoms with van der Waals surface area (Å²) in [6.45, 7) is 1.49. The van der Waals surface area contributed by atoms with Gasteiger partial charge in [-0.15, -0.1) is 0 Å². The van der Waals surface area contributed by atoms with Crippen molar-refractivity contribution in [3.63, 3.8) is 0 Å². The number of hydrogen-bond acceptors (Lipinski definition) is 4. The molecule has 0 amide bonds. The summed E-state index contributed by atoms with van der Waals surface area (Å²) in [4.78, 5) is 10.9. The van der Waals surface area contributed by atoms with Gasteiger partial charge in [0.15, 0.2) is 0 Å². The molecule has 0 spiro atoms. The maximum Gasteiger partial charge on any atom is 0.277 e. The van der Waals surface area contributed by atoms with E-state index in [1.807, 2.05) is 31.3 Å². The van der Waals surface area contributed by atoms with Crippen molar-refractivity contribution in [2.75, 3.05) is 33.4 Å². The van der Waals surface area contributed by atoms with Crippen molar-refractivity contribution in [1.29, 1.82) is 0 Å². The molecule has 0 atom stereocenters. The summed E-state index contributed by atoms with van der Waals surface area (Å²) in [5, 5.41) is 31.3. The van der Waals surface area contributed by atoms with E-state index in [4.69, 9.17) is 0 Å². The Balaban J connectivity index is 0.00000264. The van der Waals surface area contributed by atoms with E-state index in [0.29, 0.717) is 29.5 Å². The van der Waals surface area contributed by atoms with Crippen LogP contribution in [-0.2, 0) is 6.54 Å². The van der Waals surface area contributed by atoms with Gasteiger partial charge in [-0.2, -0.15) is 0 Å². The van der Waals surface area contributed by atoms with E-state index >= 15 is 0 Å². The number of nitrogens with zero attached hydrogens (tertiary/aromatic N) is 2. The Labute approximate surface area is 141 Å². The van der Waals surface area contributed by atoms with Crippen LogP contribution in [0.3, 0.4) is 0 Å². The minimum Gasteiger partial charge on any atom is -1.00 e. The monoisotopic (exact) mass is 340 g/mol. The predicted molar refractivity (Wildman–Crippen MR) is 84.4 cm³/mol. The fourth-order valence-electron chi connectivity index (χ4n) is 2.85. The number of nitro benzene ring substituents is 1. The fraction of sp³-hybridized carbons (Fsp3) is 0.375. The van der Waals surface area contributed by atoms with Crippen LogP contribution in [-0.4, -0.2) is 53.0 Å². The molecule has 6 nitrogen and oxygen atoms in total. The Morgan fingerprint density at radius 1 is 1.09 bits per heavy atom. The molecule has 0 aliphatic heterocycles. The number of likely N-dealkylation sites (N-methyl/N-ethyl adjacent to an activating group) is 1. The van der Waals surface area contributed by atoms with Crippen LogP contribution in [0.15, 0.2) is 36.4 Å². The van der Waals surface area contributed by atoms with Gasteiger partial charge in [-0.1, -0.05) is 30.3 Å². The molecule has 0 bridgehead atoms. The SMILES string of the molecule is C[N+](CCO)(CCO)Cc1cccc2cccc([N+](=O)[O-])c12.[Cl-]. The zero-order valence-electron chi connectivity index (χ0n) is 13.0. The van der Waals surface area contributed by atoms with Crippen molar-refractivity contribution in [3.8, 4) is 0 Å². The van der Waals surface area contributed by atoms with Crippen molar-refractivity contribution >= 4 is 16.5 Å². The highest BCUT2D eigenvalue weighted by Crippen LogP contribution is 2.30. The first-order valence-corrected chi connectivity index (χ1v) is 7.21. The Kier molecular flexibility index (Phi) is 6.90. The molecule has 0 aromatic heterocycles. The van der Waals surface area contributed by atoms with Crippen LogP contribution in [0.4, 0.5) is 5.69 Å². The maximum atomic E-state index is 11.3. The van der Waals surface area contributed by atoms with Gasteiger partial charge < -0.3 is 27.1 Å². The first-order chi connectivity index (χ1) is 10.5. The third kappa shape index (κ3) is 4.39. The van der Waals surface area contributed by atoms with Gasteiger partial charge in [-0.05, 0) is 5.39 Å². The van der Waals surface area contributed by atoms with Gasteiger partial charge in [0, 0.05) is 11.6 Å². The number of quaternary nitrogens is 1. The van der Waals surface area contributed by atoms with Crippen LogP contribution >= 0.6 is 0 Å². The number of halogens is 1. The number of fused-ring (bicyclic) bond motifs is 1. The Bertz CT molecular complexity index is 667. The largest absolute Gasteiger partial charge is 1.00 e. The average Bonchev–Trinajstić information content (AvgIpc) is 2.47. The molecule has 23 heavy (non-hydrogen) atoms.